The fourth-order valence-electron chi connectivity index (χ4n) is 5.28. The highest BCUT2D eigenvalue weighted by Gasteiger charge is 2.28. The lowest BCUT2D eigenvalue weighted by atomic mass is 9.91. The van der Waals surface area contributed by atoms with Crippen molar-refractivity contribution in [2.45, 2.75) is 51.0 Å². The first kappa shape index (κ1) is 22.5. The average molecular weight is 472 g/mol. The highest BCUT2D eigenvalue weighted by atomic mass is 32.3. The third-order valence-corrected chi connectivity index (χ3v) is 8.92. The maximum atomic E-state index is 12.3. The first-order chi connectivity index (χ1) is 15.9. The van der Waals surface area contributed by atoms with Crippen molar-refractivity contribution in [1.29, 1.82) is 0 Å². The summed E-state index contributed by atoms with van der Waals surface area (Å²) < 4.78 is 26.2. The number of nitrogens with two attached hydrogens (primary N) is 1. The number of aromatic nitrogens is 1. The number of carbonyl (C=O) groups is 1. The number of carbonyl (C=O) groups excluding carboxylic acids is 1. The summed E-state index contributed by atoms with van der Waals surface area (Å²) in [5, 5.41) is 0.954. The summed E-state index contributed by atoms with van der Waals surface area (Å²) in [5.74, 6) is 2.23. The fraction of sp³-hybridized carbons (Fsp3) is 0.480. The molecule has 1 aromatic carbocycles. The molecule has 7 nitrogen and oxygen atoms in total. The SMILES string of the molecule is NC(=O)c1cc(-c2ccc(CN3CCCCCC3)o2)cc2c(C3CCS(O)(O)CC3)c[nH]c12. The van der Waals surface area contributed by atoms with Crippen LogP contribution in [0.5, 0.6) is 0 Å². The summed E-state index contributed by atoms with van der Waals surface area (Å²) in [6.07, 6.45) is 8.44. The molecule has 33 heavy (non-hydrogen) atoms. The topological polar surface area (TPSA) is 116 Å². The predicted molar refractivity (Wildman–Crippen MR) is 133 cm³/mol. The Bertz CT molecular complexity index is 1130. The van der Waals surface area contributed by atoms with Crippen molar-refractivity contribution in [3.8, 4) is 11.3 Å². The van der Waals surface area contributed by atoms with Crippen molar-refractivity contribution in [3.63, 3.8) is 0 Å². The Morgan fingerprint density at radius 1 is 1.12 bits per heavy atom. The van der Waals surface area contributed by atoms with Crippen LogP contribution in [-0.2, 0) is 6.54 Å². The molecule has 3 aromatic rings. The second-order valence-corrected chi connectivity index (χ2v) is 11.9. The highest BCUT2D eigenvalue weighted by Crippen LogP contribution is 2.49. The molecule has 0 aliphatic carbocycles. The summed E-state index contributed by atoms with van der Waals surface area (Å²) in [6.45, 7) is 3.01. The van der Waals surface area contributed by atoms with Gasteiger partial charge in [0.2, 0.25) is 0 Å². The average Bonchev–Trinajstić information content (AvgIpc) is 3.34. The van der Waals surface area contributed by atoms with E-state index in [-0.39, 0.29) is 5.92 Å². The minimum Gasteiger partial charge on any atom is -0.460 e. The Hall–Kier alpha value is -2.26. The van der Waals surface area contributed by atoms with Crippen LogP contribution in [0, 0.1) is 0 Å². The van der Waals surface area contributed by atoms with Crippen molar-refractivity contribution >= 4 is 27.4 Å². The Balaban J connectivity index is 1.46. The molecule has 5 N–H and O–H groups in total. The van der Waals surface area contributed by atoms with E-state index in [1.54, 1.807) is 6.07 Å². The summed E-state index contributed by atoms with van der Waals surface area (Å²) in [5.41, 5.74) is 8.84. The molecule has 8 heteroatoms. The highest BCUT2D eigenvalue weighted by molar-refractivity contribution is 8.24. The van der Waals surface area contributed by atoms with Crippen molar-refractivity contribution in [3.05, 3.63) is 47.3 Å². The standard InChI is InChI=1S/C25H33N3O4S/c26-25(29)21-14-18(23-6-5-19(32-23)16-28-9-3-1-2-4-10-28)13-20-22(15-27-24(20)21)17-7-11-33(30,31)12-8-17/h5-6,13-15,17,27,30-31H,1-4,7-12,16H2,(H2,26,29). The number of fused-ring (bicyclic) bond motifs is 1. The van der Waals surface area contributed by atoms with Crippen LogP contribution in [0.4, 0.5) is 0 Å². The molecule has 2 aliphatic rings. The van der Waals surface area contributed by atoms with Gasteiger partial charge in [0.05, 0.1) is 17.6 Å². The third kappa shape index (κ3) is 4.84. The zero-order chi connectivity index (χ0) is 23.0. The lowest BCUT2D eigenvalue weighted by Crippen LogP contribution is -2.23. The lowest BCUT2D eigenvalue weighted by Gasteiger charge is -2.39. The van der Waals surface area contributed by atoms with Crippen LogP contribution in [0.25, 0.3) is 22.2 Å². The minimum absolute atomic E-state index is 0.213. The number of nitrogens with one attached hydrogen (secondary N) is 1. The number of amides is 1. The van der Waals surface area contributed by atoms with E-state index in [4.69, 9.17) is 10.2 Å². The molecule has 178 valence electrons. The summed E-state index contributed by atoms with van der Waals surface area (Å²) >= 11 is 0. The monoisotopic (exact) mass is 471 g/mol. The molecule has 0 bridgehead atoms. The zero-order valence-corrected chi connectivity index (χ0v) is 19.7. The molecule has 2 saturated heterocycles. The quantitative estimate of drug-likeness (QED) is 0.390. The number of primary amides is 1. The van der Waals surface area contributed by atoms with E-state index in [0.717, 1.165) is 53.2 Å². The zero-order valence-electron chi connectivity index (χ0n) is 18.9. The lowest BCUT2D eigenvalue weighted by molar-refractivity contribution is 0.100. The predicted octanol–water partition coefficient (Wildman–Crippen LogP) is 5.53. The van der Waals surface area contributed by atoms with E-state index in [1.165, 1.54) is 25.7 Å². The third-order valence-electron chi connectivity index (χ3n) is 7.14. The van der Waals surface area contributed by atoms with E-state index >= 15 is 0 Å². The van der Waals surface area contributed by atoms with Crippen molar-refractivity contribution in [2.24, 2.45) is 5.73 Å². The fourth-order valence-corrected chi connectivity index (χ4v) is 6.81. The van der Waals surface area contributed by atoms with Gasteiger partial charge in [0.15, 0.2) is 0 Å². The number of hydrogen-bond donors (Lipinski definition) is 4. The molecule has 0 saturated carbocycles. The van der Waals surface area contributed by atoms with Crippen LogP contribution in [0.15, 0.2) is 34.9 Å². The van der Waals surface area contributed by atoms with Gasteiger partial charge >= 0.3 is 0 Å². The first-order valence-corrected chi connectivity index (χ1v) is 13.8. The molecule has 2 fully saturated rings. The van der Waals surface area contributed by atoms with E-state index in [1.807, 2.05) is 18.3 Å². The number of rotatable bonds is 5. The molecule has 1 amide bonds. The van der Waals surface area contributed by atoms with E-state index < -0.39 is 16.5 Å². The van der Waals surface area contributed by atoms with Gasteiger partial charge < -0.3 is 15.1 Å². The molecule has 2 aliphatic heterocycles. The van der Waals surface area contributed by atoms with Gasteiger partial charge in [-0.05, 0) is 74.5 Å². The smallest absolute Gasteiger partial charge is 0.250 e. The number of aromatic amines is 1. The molecule has 0 atom stereocenters. The maximum Gasteiger partial charge on any atom is 0.250 e. The summed E-state index contributed by atoms with van der Waals surface area (Å²) in [4.78, 5) is 18.0. The van der Waals surface area contributed by atoms with Crippen LogP contribution >= 0.6 is 10.6 Å². The van der Waals surface area contributed by atoms with Crippen LogP contribution in [0.1, 0.15) is 66.1 Å². The van der Waals surface area contributed by atoms with E-state index in [0.29, 0.717) is 29.9 Å². The van der Waals surface area contributed by atoms with Crippen LogP contribution in [0.2, 0.25) is 0 Å². The van der Waals surface area contributed by atoms with Gasteiger partial charge in [-0.2, -0.15) is 10.6 Å². The second kappa shape index (κ2) is 9.18. The molecule has 4 heterocycles. The molecule has 0 unspecified atom stereocenters. The maximum absolute atomic E-state index is 12.3. The van der Waals surface area contributed by atoms with Gasteiger partial charge in [-0.1, -0.05) is 12.8 Å². The molecule has 0 spiro atoms. The molecule has 0 radical (unpaired) electrons. The minimum atomic E-state index is -2.45. The largest absolute Gasteiger partial charge is 0.460 e. The Morgan fingerprint density at radius 2 is 1.85 bits per heavy atom. The first-order valence-electron chi connectivity index (χ1n) is 11.9. The van der Waals surface area contributed by atoms with E-state index in [9.17, 15) is 13.9 Å². The second-order valence-electron chi connectivity index (χ2n) is 9.50. The number of H-pyrrole nitrogens is 1. The number of hydrogen-bond acceptors (Lipinski definition) is 5. The van der Waals surface area contributed by atoms with Gasteiger partial charge in [0.1, 0.15) is 11.5 Å². The van der Waals surface area contributed by atoms with Crippen LogP contribution in [0.3, 0.4) is 0 Å². The number of furan rings is 1. The van der Waals surface area contributed by atoms with Crippen LogP contribution in [-0.4, -0.2) is 49.5 Å². The molecule has 2 aromatic heterocycles. The van der Waals surface area contributed by atoms with Crippen molar-refractivity contribution in [2.75, 3.05) is 24.6 Å². The Kier molecular flexibility index (Phi) is 6.26. The van der Waals surface area contributed by atoms with E-state index in [2.05, 4.69) is 16.0 Å². The number of likely N-dealkylation sites (tertiary alicyclic amines) is 1. The van der Waals surface area contributed by atoms with Gasteiger partial charge in [0.25, 0.3) is 5.91 Å². The molecular weight excluding hydrogens is 438 g/mol. The van der Waals surface area contributed by atoms with Gasteiger partial charge in [-0.3, -0.25) is 18.8 Å². The molecule has 5 rings (SSSR count). The van der Waals surface area contributed by atoms with Gasteiger partial charge in [0, 0.05) is 28.7 Å². The Labute approximate surface area is 195 Å². The molecular formula is C25H33N3O4S. The number of nitrogens with zero attached hydrogens (tertiary/aromatic N) is 1. The van der Waals surface area contributed by atoms with Gasteiger partial charge in [-0.15, -0.1) is 0 Å². The van der Waals surface area contributed by atoms with Gasteiger partial charge in [-0.25, -0.2) is 0 Å². The normalized spacial score (nSPS) is 21.2. The summed E-state index contributed by atoms with van der Waals surface area (Å²) in [6, 6.07) is 7.87. The summed E-state index contributed by atoms with van der Waals surface area (Å²) in [7, 11) is -2.45. The van der Waals surface area contributed by atoms with Crippen molar-refractivity contribution < 1.29 is 18.3 Å². The van der Waals surface area contributed by atoms with Crippen LogP contribution < -0.4 is 5.73 Å². The number of benzene rings is 1. The Morgan fingerprint density at radius 3 is 2.55 bits per heavy atom. The van der Waals surface area contributed by atoms with Crippen molar-refractivity contribution in [1.82, 2.24) is 9.88 Å².